The number of carbonyl (C=O) groups is 5. The Balaban J connectivity index is 2.12. The average Bonchev–Trinajstić information content (AvgIpc) is 3.30. The summed E-state index contributed by atoms with van der Waals surface area (Å²) < 4.78 is 0. The fourth-order valence-electron chi connectivity index (χ4n) is 3.74. The number of nitrogens with one attached hydrogen (secondary N) is 2. The van der Waals surface area contributed by atoms with Crippen molar-refractivity contribution in [2.24, 2.45) is 11.5 Å². The number of primary amides is 1. The first-order valence-corrected chi connectivity index (χ1v) is 11.6. The predicted octanol–water partition coefficient (Wildman–Crippen LogP) is -1.20. The number of hydrogen-bond acceptors (Lipinski definition) is 7. The van der Waals surface area contributed by atoms with E-state index in [1.165, 1.54) is 4.90 Å². The van der Waals surface area contributed by atoms with Crippen LogP contribution < -0.4 is 22.1 Å². The van der Waals surface area contributed by atoms with Crippen molar-refractivity contribution >= 4 is 42.2 Å². The lowest BCUT2D eigenvalue weighted by Crippen LogP contribution is -2.57. The Bertz CT molecular complexity index is 899. The lowest BCUT2D eigenvalue weighted by molar-refractivity contribution is -0.143. The second-order valence-electron chi connectivity index (χ2n) is 8.13. The summed E-state index contributed by atoms with van der Waals surface area (Å²) >= 11 is 4.02. The number of carboxylic acids is 1. The molecule has 4 unspecified atom stereocenters. The molecular weight excluding hydrogens is 462 g/mol. The topological polar surface area (TPSA) is 185 Å². The average molecular weight is 494 g/mol. The molecule has 1 aliphatic heterocycles. The summed E-state index contributed by atoms with van der Waals surface area (Å²) in [5, 5.41) is 14.6. The van der Waals surface area contributed by atoms with Gasteiger partial charge >= 0.3 is 5.97 Å². The number of benzene rings is 1. The van der Waals surface area contributed by atoms with Crippen LogP contribution in [0, 0.1) is 0 Å². The van der Waals surface area contributed by atoms with Gasteiger partial charge in [0.2, 0.25) is 23.6 Å². The zero-order valence-electron chi connectivity index (χ0n) is 18.7. The van der Waals surface area contributed by atoms with Crippen molar-refractivity contribution in [2.45, 2.75) is 56.3 Å². The van der Waals surface area contributed by atoms with Gasteiger partial charge < -0.3 is 32.1 Å². The lowest BCUT2D eigenvalue weighted by Gasteiger charge is -2.28. The summed E-state index contributed by atoms with van der Waals surface area (Å²) in [5.74, 6) is -3.57. The van der Waals surface area contributed by atoms with Crippen LogP contribution in [0.5, 0.6) is 0 Å². The molecule has 1 heterocycles. The molecule has 0 radical (unpaired) electrons. The van der Waals surface area contributed by atoms with E-state index in [1.807, 2.05) is 0 Å². The normalized spacial score (nSPS) is 17.9. The van der Waals surface area contributed by atoms with Gasteiger partial charge in [0.15, 0.2) is 0 Å². The van der Waals surface area contributed by atoms with Crippen molar-refractivity contribution in [2.75, 3.05) is 12.3 Å². The number of nitrogens with zero attached hydrogens (tertiary/aromatic N) is 1. The molecular formula is C22H31N5O6S. The highest BCUT2D eigenvalue weighted by Gasteiger charge is 2.37. The SMILES string of the molecule is NC(=O)CCC(NC(=O)C1CCCN1C(=O)C(N)CS)C(=O)NC(Cc1ccccc1)C(=O)O. The van der Waals surface area contributed by atoms with Gasteiger partial charge in [-0.2, -0.15) is 12.6 Å². The number of carbonyl (C=O) groups excluding carboxylic acids is 4. The van der Waals surface area contributed by atoms with E-state index in [2.05, 4.69) is 23.3 Å². The minimum absolute atomic E-state index is 0.0327. The van der Waals surface area contributed by atoms with Crippen LogP contribution in [0.25, 0.3) is 0 Å². The Hall–Kier alpha value is -3.12. The first-order valence-electron chi connectivity index (χ1n) is 11.0. The predicted molar refractivity (Wildman–Crippen MR) is 127 cm³/mol. The van der Waals surface area contributed by atoms with E-state index >= 15 is 0 Å². The quantitative estimate of drug-likeness (QED) is 0.197. The van der Waals surface area contributed by atoms with Crippen molar-refractivity contribution in [1.82, 2.24) is 15.5 Å². The molecule has 0 aliphatic carbocycles. The molecule has 1 aromatic carbocycles. The summed E-state index contributed by atoms with van der Waals surface area (Å²) in [6.07, 6.45) is 0.672. The van der Waals surface area contributed by atoms with Crippen molar-refractivity contribution in [3.63, 3.8) is 0 Å². The van der Waals surface area contributed by atoms with E-state index in [4.69, 9.17) is 11.5 Å². The fourth-order valence-corrected chi connectivity index (χ4v) is 3.90. The molecule has 2 rings (SSSR count). The summed E-state index contributed by atoms with van der Waals surface area (Å²) in [6, 6.07) is 4.59. The molecule has 12 heteroatoms. The van der Waals surface area contributed by atoms with E-state index in [1.54, 1.807) is 30.3 Å². The zero-order chi connectivity index (χ0) is 25.3. The minimum Gasteiger partial charge on any atom is -0.480 e. The Morgan fingerprint density at radius 2 is 1.79 bits per heavy atom. The molecule has 1 aromatic rings. The molecule has 0 bridgehead atoms. The molecule has 34 heavy (non-hydrogen) atoms. The van der Waals surface area contributed by atoms with Gasteiger partial charge in [-0.05, 0) is 24.8 Å². The van der Waals surface area contributed by atoms with Gasteiger partial charge in [0.25, 0.3) is 0 Å². The van der Waals surface area contributed by atoms with E-state index in [-0.39, 0.29) is 25.0 Å². The molecule has 4 amide bonds. The number of thiol groups is 1. The highest BCUT2D eigenvalue weighted by molar-refractivity contribution is 7.80. The van der Waals surface area contributed by atoms with Crippen LogP contribution >= 0.6 is 12.6 Å². The van der Waals surface area contributed by atoms with Crippen LogP contribution in [0.2, 0.25) is 0 Å². The van der Waals surface area contributed by atoms with E-state index in [0.29, 0.717) is 24.9 Å². The van der Waals surface area contributed by atoms with E-state index < -0.39 is 53.8 Å². The van der Waals surface area contributed by atoms with Crippen molar-refractivity contribution in [3.8, 4) is 0 Å². The van der Waals surface area contributed by atoms with Crippen LogP contribution in [0.3, 0.4) is 0 Å². The van der Waals surface area contributed by atoms with Crippen LogP contribution in [0.15, 0.2) is 30.3 Å². The van der Waals surface area contributed by atoms with E-state index in [9.17, 15) is 29.1 Å². The van der Waals surface area contributed by atoms with Crippen molar-refractivity contribution < 1.29 is 29.1 Å². The van der Waals surface area contributed by atoms with Gasteiger partial charge in [0.05, 0.1) is 6.04 Å². The summed E-state index contributed by atoms with van der Waals surface area (Å²) in [5.41, 5.74) is 11.7. The highest BCUT2D eigenvalue weighted by atomic mass is 32.1. The third-order valence-corrected chi connectivity index (χ3v) is 5.96. The van der Waals surface area contributed by atoms with Crippen LogP contribution in [0.4, 0.5) is 0 Å². The number of likely N-dealkylation sites (tertiary alicyclic amines) is 1. The van der Waals surface area contributed by atoms with Crippen molar-refractivity contribution in [3.05, 3.63) is 35.9 Å². The summed E-state index contributed by atoms with van der Waals surface area (Å²) in [6.45, 7) is 0.342. The number of rotatable bonds is 12. The molecule has 0 aromatic heterocycles. The number of aliphatic carboxylic acids is 1. The molecule has 1 fully saturated rings. The highest BCUT2D eigenvalue weighted by Crippen LogP contribution is 2.19. The lowest BCUT2D eigenvalue weighted by atomic mass is 10.0. The Morgan fingerprint density at radius 1 is 1.12 bits per heavy atom. The Morgan fingerprint density at radius 3 is 2.38 bits per heavy atom. The molecule has 1 aliphatic rings. The van der Waals surface area contributed by atoms with Gasteiger partial charge in [0.1, 0.15) is 18.1 Å². The molecule has 0 saturated carbocycles. The van der Waals surface area contributed by atoms with Crippen molar-refractivity contribution in [1.29, 1.82) is 0 Å². The standard InChI is InChI=1S/C22H31N5O6S/c23-14(12-34)21(31)27-10-4-7-17(27)20(30)25-15(8-9-18(24)28)19(29)26-16(22(32)33)11-13-5-2-1-3-6-13/h1-3,5-6,14-17,34H,4,7-12,23H2,(H2,24,28)(H,25,30)(H,26,29)(H,32,33). The third-order valence-electron chi connectivity index (χ3n) is 5.56. The second-order valence-corrected chi connectivity index (χ2v) is 8.50. The van der Waals surface area contributed by atoms with Crippen LogP contribution in [-0.2, 0) is 30.4 Å². The number of hydrogen-bond donors (Lipinski definition) is 6. The van der Waals surface area contributed by atoms with Crippen LogP contribution in [0.1, 0.15) is 31.2 Å². The third kappa shape index (κ3) is 7.73. The number of nitrogens with two attached hydrogens (primary N) is 2. The fraction of sp³-hybridized carbons (Fsp3) is 0.500. The Kier molecular flexibility index (Phi) is 10.3. The molecule has 4 atom stereocenters. The number of carboxylic acid groups (broad SMARTS) is 1. The largest absolute Gasteiger partial charge is 0.480 e. The summed E-state index contributed by atoms with van der Waals surface area (Å²) in [4.78, 5) is 62.8. The molecule has 11 nitrogen and oxygen atoms in total. The van der Waals surface area contributed by atoms with Gasteiger partial charge in [0, 0.05) is 25.1 Å². The maximum absolute atomic E-state index is 13.0. The Labute approximate surface area is 203 Å². The summed E-state index contributed by atoms with van der Waals surface area (Å²) in [7, 11) is 0. The molecule has 7 N–H and O–H groups in total. The maximum atomic E-state index is 13.0. The van der Waals surface area contributed by atoms with Gasteiger partial charge in [-0.15, -0.1) is 0 Å². The molecule has 186 valence electrons. The maximum Gasteiger partial charge on any atom is 0.326 e. The van der Waals surface area contributed by atoms with Crippen LogP contribution in [-0.4, -0.2) is 76.1 Å². The molecule has 1 saturated heterocycles. The monoisotopic (exact) mass is 493 g/mol. The second kappa shape index (κ2) is 12.9. The first kappa shape index (κ1) is 27.1. The minimum atomic E-state index is -1.25. The zero-order valence-corrected chi connectivity index (χ0v) is 19.6. The number of amides is 4. The van der Waals surface area contributed by atoms with Gasteiger partial charge in [-0.25, -0.2) is 4.79 Å². The van der Waals surface area contributed by atoms with Gasteiger partial charge in [-0.3, -0.25) is 19.2 Å². The smallest absolute Gasteiger partial charge is 0.326 e. The molecule has 0 spiro atoms. The van der Waals surface area contributed by atoms with E-state index in [0.717, 1.165) is 0 Å². The first-order chi connectivity index (χ1) is 16.1. The van der Waals surface area contributed by atoms with Gasteiger partial charge in [-0.1, -0.05) is 30.3 Å².